The molecule has 0 N–H and O–H groups in total. The van der Waals surface area contributed by atoms with Gasteiger partial charge < -0.3 is 9.47 Å². The predicted octanol–water partition coefficient (Wildman–Crippen LogP) is 6.82. The highest BCUT2D eigenvalue weighted by Crippen LogP contribution is 2.39. The van der Waals surface area contributed by atoms with E-state index < -0.39 is 5.60 Å². The Kier molecular flexibility index (Phi) is 6.61. The smallest absolute Gasteiger partial charge is 0.339 e. The molecule has 3 unspecified atom stereocenters. The zero-order valence-electron chi connectivity index (χ0n) is 20.4. The number of ether oxygens (including phenoxy) is 2. The monoisotopic (exact) mass is 495 g/mol. The zero-order valence-corrected chi connectivity index (χ0v) is 21.2. The predicted molar refractivity (Wildman–Crippen MR) is 142 cm³/mol. The van der Waals surface area contributed by atoms with Crippen LogP contribution in [0.5, 0.6) is 0 Å². The Hall–Kier alpha value is -3.00. The van der Waals surface area contributed by atoms with Gasteiger partial charge in [0.25, 0.3) is 0 Å². The van der Waals surface area contributed by atoms with E-state index in [4.69, 9.17) is 9.47 Å². The van der Waals surface area contributed by atoms with E-state index in [2.05, 4.69) is 72.5 Å². The van der Waals surface area contributed by atoms with Gasteiger partial charge in [-0.25, -0.2) is 4.79 Å². The maximum absolute atomic E-state index is 13.2. The highest BCUT2D eigenvalue weighted by atomic mass is 32.2. The molecule has 0 amide bonds. The average molecular weight is 496 g/mol. The van der Waals surface area contributed by atoms with Crippen molar-refractivity contribution < 1.29 is 14.3 Å². The number of carbonyl (C=O) groups is 1. The number of hydrogen-bond donors (Lipinski definition) is 0. The molecule has 3 atom stereocenters. The summed E-state index contributed by atoms with van der Waals surface area (Å²) in [5.74, 6) is 6.89. The standard InChI is InChI=1S/C32H31O3S/c33-31(35-32(20-7-8-21-32)22-19-25-23-26-15-18-30(25)34-26)24-13-16-29(17-14-24)36(27-9-3-1-4-10-27)28-11-5-2-6-12-28/h1-6,9-14,16-17,25-26,30H,7-8,15,18,20-21,23H2/q+1. The third-order valence-corrected chi connectivity index (χ3v) is 9.80. The van der Waals surface area contributed by atoms with E-state index in [9.17, 15) is 4.79 Å². The molecule has 3 aromatic carbocycles. The summed E-state index contributed by atoms with van der Waals surface area (Å²) in [5.41, 5.74) is -0.0737. The molecule has 4 heteroatoms. The van der Waals surface area contributed by atoms with Crippen molar-refractivity contribution >= 4 is 16.9 Å². The summed E-state index contributed by atoms with van der Waals surface area (Å²) in [5, 5.41) is 0. The van der Waals surface area contributed by atoms with E-state index in [1.807, 2.05) is 24.3 Å². The second kappa shape index (κ2) is 10.2. The minimum Gasteiger partial charge on any atom is -0.442 e. The van der Waals surface area contributed by atoms with Crippen LogP contribution in [0.2, 0.25) is 0 Å². The normalized spacial score (nSPS) is 23.9. The van der Waals surface area contributed by atoms with Crippen LogP contribution in [-0.4, -0.2) is 23.8 Å². The summed E-state index contributed by atoms with van der Waals surface area (Å²) in [4.78, 5) is 16.9. The van der Waals surface area contributed by atoms with Crippen LogP contribution >= 0.6 is 0 Å². The summed E-state index contributed by atoms with van der Waals surface area (Å²) in [7, 11) is -0.240. The lowest BCUT2D eigenvalue weighted by Gasteiger charge is -2.24. The van der Waals surface area contributed by atoms with Crippen molar-refractivity contribution in [3.63, 3.8) is 0 Å². The highest BCUT2D eigenvalue weighted by Gasteiger charge is 2.41. The molecule has 2 heterocycles. The van der Waals surface area contributed by atoms with E-state index in [0.717, 1.165) is 44.9 Å². The number of benzene rings is 3. The first-order valence-electron chi connectivity index (χ1n) is 13.1. The van der Waals surface area contributed by atoms with Crippen LogP contribution in [0.1, 0.15) is 55.3 Å². The molecular weight excluding hydrogens is 464 g/mol. The molecule has 2 aliphatic heterocycles. The second-order valence-corrected chi connectivity index (χ2v) is 12.1. The fraction of sp³-hybridized carbons (Fsp3) is 0.344. The molecule has 0 radical (unpaired) electrons. The summed E-state index contributed by atoms with van der Waals surface area (Å²) < 4.78 is 12.1. The maximum Gasteiger partial charge on any atom is 0.339 e. The van der Waals surface area contributed by atoms with Gasteiger partial charge in [0.2, 0.25) is 0 Å². The number of hydrogen-bond acceptors (Lipinski definition) is 3. The van der Waals surface area contributed by atoms with Gasteiger partial charge in [-0.05, 0) is 93.5 Å². The van der Waals surface area contributed by atoms with Crippen LogP contribution in [0.3, 0.4) is 0 Å². The minimum absolute atomic E-state index is 0.240. The molecule has 182 valence electrons. The van der Waals surface area contributed by atoms with E-state index in [-0.39, 0.29) is 28.9 Å². The van der Waals surface area contributed by atoms with Crippen molar-refractivity contribution in [1.29, 1.82) is 0 Å². The topological polar surface area (TPSA) is 35.5 Å². The molecule has 3 aliphatic rings. The number of fused-ring (bicyclic) bond motifs is 2. The third kappa shape index (κ3) is 4.83. The van der Waals surface area contributed by atoms with Gasteiger partial charge in [-0.3, -0.25) is 0 Å². The third-order valence-electron chi connectivity index (χ3n) is 7.57. The van der Waals surface area contributed by atoms with Gasteiger partial charge in [-0.2, -0.15) is 0 Å². The summed E-state index contributed by atoms with van der Waals surface area (Å²) >= 11 is 0. The molecule has 36 heavy (non-hydrogen) atoms. The fourth-order valence-corrected chi connectivity index (χ4v) is 7.78. The Morgan fingerprint density at radius 3 is 2.00 bits per heavy atom. The molecule has 1 aliphatic carbocycles. The van der Waals surface area contributed by atoms with Gasteiger partial charge in [0.05, 0.1) is 28.7 Å². The van der Waals surface area contributed by atoms with Crippen LogP contribution in [0.4, 0.5) is 0 Å². The number of carbonyl (C=O) groups excluding carboxylic acids is 1. The lowest BCUT2D eigenvalue weighted by atomic mass is 9.89. The second-order valence-electron chi connectivity index (χ2n) is 10.0. The molecule has 0 aromatic heterocycles. The molecule has 6 rings (SSSR count). The number of rotatable bonds is 5. The van der Waals surface area contributed by atoms with Crippen molar-refractivity contribution in [2.45, 2.75) is 77.4 Å². The van der Waals surface area contributed by atoms with E-state index >= 15 is 0 Å². The Balaban J connectivity index is 1.21. The maximum atomic E-state index is 13.2. The summed E-state index contributed by atoms with van der Waals surface area (Å²) in [6, 6.07) is 29.0. The Labute approximate surface area is 216 Å². The van der Waals surface area contributed by atoms with Crippen LogP contribution in [0.15, 0.2) is 99.6 Å². The molecule has 2 bridgehead atoms. The van der Waals surface area contributed by atoms with Gasteiger partial charge >= 0.3 is 5.97 Å². The van der Waals surface area contributed by atoms with Gasteiger partial charge in [0.1, 0.15) is 0 Å². The fourth-order valence-electron chi connectivity index (χ4n) is 5.70. The van der Waals surface area contributed by atoms with Crippen molar-refractivity contribution in [2.24, 2.45) is 5.92 Å². The van der Waals surface area contributed by atoms with E-state index in [0.29, 0.717) is 11.7 Å². The van der Waals surface area contributed by atoms with E-state index in [1.165, 1.54) is 14.7 Å². The number of esters is 1. The van der Waals surface area contributed by atoms with Gasteiger partial charge in [0, 0.05) is 5.92 Å². The molecule has 0 spiro atoms. The molecule has 2 saturated heterocycles. The van der Waals surface area contributed by atoms with Crippen LogP contribution in [0.25, 0.3) is 0 Å². The first-order valence-corrected chi connectivity index (χ1v) is 14.3. The molecule has 3 nitrogen and oxygen atoms in total. The SMILES string of the molecule is O=C(OC1(C#CC2CC3CCC2O3)CCCC1)c1ccc([S+](c2ccccc2)c2ccccc2)cc1. The van der Waals surface area contributed by atoms with Crippen LogP contribution < -0.4 is 0 Å². The van der Waals surface area contributed by atoms with Crippen molar-refractivity contribution in [3.8, 4) is 11.8 Å². The largest absolute Gasteiger partial charge is 0.442 e. The molecule has 3 fully saturated rings. The van der Waals surface area contributed by atoms with E-state index in [1.54, 1.807) is 0 Å². The van der Waals surface area contributed by atoms with Gasteiger partial charge in [-0.15, -0.1) is 0 Å². The molecular formula is C32H31O3S+. The zero-order chi connectivity index (χ0) is 24.4. The van der Waals surface area contributed by atoms with Gasteiger partial charge in [-0.1, -0.05) is 48.2 Å². The Bertz CT molecular complexity index is 1210. The molecule has 1 saturated carbocycles. The Morgan fingerprint density at radius 1 is 0.833 bits per heavy atom. The lowest BCUT2D eigenvalue weighted by molar-refractivity contribution is 0.0102. The lowest BCUT2D eigenvalue weighted by Crippen LogP contribution is -2.31. The Morgan fingerprint density at radius 2 is 1.44 bits per heavy atom. The van der Waals surface area contributed by atoms with Crippen LogP contribution in [0, 0.1) is 17.8 Å². The minimum atomic E-state index is -0.657. The van der Waals surface area contributed by atoms with Crippen molar-refractivity contribution in [3.05, 3.63) is 90.5 Å². The highest BCUT2D eigenvalue weighted by molar-refractivity contribution is 7.97. The van der Waals surface area contributed by atoms with Crippen LogP contribution in [-0.2, 0) is 20.4 Å². The van der Waals surface area contributed by atoms with Crippen molar-refractivity contribution in [1.82, 2.24) is 0 Å². The van der Waals surface area contributed by atoms with Gasteiger partial charge in [0.15, 0.2) is 20.3 Å². The van der Waals surface area contributed by atoms with Crippen molar-refractivity contribution in [2.75, 3.05) is 0 Å². The first-order chi connectivity index (χ1) is 17.7. The summed E-state index contributed by atoms with van der Waals surface area (Å²) in [6.45, 7) is 0. The first kappa shape index (κ1) is 23.4. The quantitative estimate of drug-likeness (QED) is 0.221. The summed E-state index contributed by atoms with van der Waals surface area (Å²) in [6.07, 6.45) is 7.67. The average Bonchev–Trinajstić information content (AvgIpc) is 3.68. The molecule has 3 aromatic rings.